The number of benzene rings is 2. The lowest BCUT2D eigenvalue weighted by Gasteiger charge is -2.13. The van der Waals surface area contributed by atoms with E-state index in [-0.39, 0.29) is 24.0 Å². The highest BCUT2D eigenvalue weighted by Crippen LogP contribution is 2.16. The number of carbonyl (C=O) groups is 2. The lowest BCUT2D eigenvalue weighted by Crippen LogP contribution is -2.34. The molecule has 0 bridgehead atoms. The number of amides is 1. The van der Waals surface area contributed by atoms with E-state index in [1.807, 2.05) is 30.3 Å². The summed E-state index contributed by atoms with van der Waals surface area (Å²) in [5.74, 6) is 0.0937. The standard InChI is InChI=1S/C20H22N2O4S/c1-2-25-19(24)16-11-6-7-12-17(16)21-20(27)22-18(23)13-8-14-26-15-9-4-3-5-10-15/h3-7,9-12H,2,8,13-14H2,1H3,(H2,21,22,23,27). The minimum atomic E-state index is -0.451. The van der Waals surface area contributed by atoms with Crippen molar-refractivity contribution in [2.75, 3.05) is 18.5 Å². The zero-order valence-corrected chi connectivity index (χ0v) is 15.9. The molecule has 0 unspecified atom stereocenters. The highest BCUT2D eigenvalue weighted by Gasteiger charge is 2.13. The molecule has 0 heterocycles. The van der Waals surface area contributed by atoms with E-state index in [1.54, 1.807) is 31.2 Å². The second-order valence-corrected chi connectivity index (χ2v) is 5.94. The fourth-order valence-electron chi connectivity index (χ4n) is 2.26. The summed E-state index contributed by atoms with van der Waals surface area (Å²) in [4.78, 5) is 23.9. The first-order valence-electron chi connectivity index (χ1n) is 8.65. The largest absolute Gasteiger partial charge is 0.494 e. The second-order valence-electron chi connectivity index (χ2n) is 5.53. The number of thiocarbonyl (C=S) groups is 1. The van der Waals surface area contributed by atoms with E-state index in [0.717, 1.165) is 5.75 Å². The third-order valence-electron chi connectivity index (χ3n) is 3.48. The lowest BCUT2D eigenvalue weighted by molar-refractivity contribution is -0.119. The van der Waals surface area contributed by atoms with Crippen LogP contribution in [0.4, 0.5) is 5.69 Å². The Morgan fingerprint density at radius 2 is 1.74 bits per heavy atom. The number of carbonyl (C=O) groups excluding carboxylic acids is 2. The molecule has 2 aromatic carbocycles. The number of esters is 1. The van der Waals surface area contributed by atoms with Crippen molar-refractivity contribution in [3.05, 3.63) is 60.2 Å². The van der Waals surface area contributed by atoms with E-state index in [0.29, 0.717) is 24.3 Å². The fourth-order valence-corrected chi connectivity index (χ4v) is 2.48. The first-order valence-corrected chi connectivity index (χ1v) is 9.05. The summed E-state index contributed by atoms with van der Waals surface area (Å²) in [6, 6.07) is 16.2. The molecule has 0 aliphatic rings. The SMILES string of the molecule is CCOC(=O)c1ccccc1NC(=S)NC(=O)CCCOc1ccccc1. The van der Waals surface area contributed by atoms with Gasteiger partial charge < -0.3 is 20.1 Å². The third-order valence-corrected chi connectivity index (χ3v) is 3.69. The number of anilines is 1. The molecular formula is C20H22N2O4S. The van der Waals surface area contributed by atoms with Crippen LogP contribution in [0.2, 0.25) is 0 Å². The highest BCUT2D eigenvalue weighted by molar-refractivity contribution is 7.80. The van der Waals surface area contributed by atoms with Crippen LogP contribution in [0.3, 0.4) is 0 Å². The average molecular weight is 386 g/mol. The maximum Gasteiger partial charge on any atom is 0.340 e. The van der Waals surface area contributed by atoms with Gasteiger partial charge in [-0.25, -0.2) is 4.79 Å². The molecule has 0 aromatic heterocycles. The molecule has 0 radical (unpaired) electrons. The first kappa shape index (κ1) is 20.4. The van der Waals surface area contributed by atoms with Crippen LogP contribution < -0.4 is 15.4 Å². The van der Waals surface area contributed by atoms with Crippen molar-refractivity contribution >= 4 is 34.9 Å². The van der Waals surface area contributed by atoms with Crippen molar-refractivity contribution in [2.24, 2.45) is 0 Å². The van der Waals surface area contributed by atoms with Crippen LogP contribution >= 0.6 is 12.2 Å². The van der Waals surface area contributed by atoms with Gasteiger partial charge in [-0.15, -0.1) is 0 Å². The van der Waals surface area contributed by atoms with Crippen molar-refractivity contribution in [1.82, 2.24) is 5.32 Å². The molecule has 2 N–H and O–H groups in total. The predicted molar refractivity (Wildman–Crippen MR) is 108 cm³/mol. The molecule has 2 rings (SSSR count). The van der Waals surface area contributed by atoms with E-state index < -0.39 is 5.97 Å². The van der Waals surface area contributed by atoms with E-state index in [4.69, 9.17) is 21.7 Å². The van der Waals surface area contributed by atoms with Crippen LogP contribution in [0, 0.1) is 0 Å². The molecule has 0 atom stereocenters. The van der Waals surface area contributed by atoms with Gasteiger partial charge in [-0.2, -0.15) is 0 Å². The van der Waals surface area contributed by atoms with E-state index in [1.165, 1.54) is 0 Å². The van der Waals surface area contributed by atoms with E-state index in [9.17, 15) is 9.59 Å². The third kappa shape index (κ3) is 7.07. The van der Waals surface area contributed by atoms with Gasteiger partial charge in [0.25, 0.3) is 0 Å². The molecular weight excluding hydrogens is 364 g/mol. The van der Waals surface area contributed by atoms with Crippen molar-refractivity contribution < 1.29 is 19.1 Å². The number of ether oxygens (including phenoxy) is 2. The Balaban J connectivity index is 1.77. The van der Waals surface area contributed by atoms with Crippen LogP contribution in [0.25, 0.3) is 0 Å². The van der Waals surface area contributed by atoms with Crippen molar-refractivity contribution in [3.63, 3.8) is 0 Å². The van der Waals surface area contributed by atoms with Gasteiger partial charge in [-0.1, -0.05) is 30.3 Å². The number of para-hydroxylation sites is 2. The summed E-state index contributed by atoms with van der Waals surface area (Å²) in [5.41, 5.74) is 0.834. The van der Waals surface area contributed by atoms with Crippen LogP contribution in [0.1, 0.15) is 30.1 Å². The summed E-state index contributed by atoms with van der Waals surface area (Å²) in [6.45, 7) is 2.45. The van der Waals surface area contributed by atoms with E-state index in [2.05, 4.69) is 10.6 Å². The Bertz CT molecular complexity index is 781. The highest BCUT2D eigenvalue weighted by atomic mass is 32.1. The molecule has 0 saturated carbocycles. The summed E-state index contributed by atoms with van der Waals surface area (Å²) < 4.78 is 10.6. The summed E-state index contributed by atoms with van der Waals surface area (Å²) in [6.07, 6.45) is 0.830. The summed E-state index contributed by atoms with van der Waals surface area (Å²) >= 11 is 5.15. The smallest absolute Gasteiger partial charge is 0.340 e. The molecule has 0 aliphatic carbocycles. The molecule has 7 heteroatoms. The molecule has 1 amide bonds. The van der Waals surface area contributed by atoms with Crippen LogP contribution in [-0.2, 0) is 9.53 Å². The Labute approximate surface area is 163 Å². The maximum absolute atomic E-state index is 12.0. The number of hydrogen-bond acceptors (Lipinski definition) is 5. The quantitative estimate of drug-likeness (QED) is 0.411. The monoisotopic (exact) mass is 386 g/mol. The second kappa shape index (κ2) is 10.9. The maximum atomic E-state index is 12.0. The molecule has 0 saturated heterocycles. The van der Waals surface area contributed by atoms with Crippen LogP contribution in [0.5, 0.6) is 5.75 Å². The predicted octanol–water partition coefficient (Wildman–Crippen LogP) is 3.54. The van der Waals surface area contributed by atoms with Gasteiger partial charge >= 0.3 is 5.97 Å². The van der Waals surface area contributed by atoms with Gasteiger partial charge in [0.2, 0.25) is 5.91 Å². The van der Waals surface area contributed by atoms with Crippen molar-refractivity contribution in [2.45, 2.75) is 19.8 Å². The average Bonchev–Trinajstić information content (AvgIpc) is 2.66. The van der Waals surface area contributed by atoms with Crippen molar-refractivity contribution in [1.29, 1.82) is 0 Å². The Morgan fingerprint density at radius 3 is 2.48 bits per heavy atom. The minimum Gasteiger partial charge on any atom is -0.494 e. The van der Waals surface area contributed by atoms with Crippen LogP contribution in [0.15, 0.2) is 54.6 Å². The van der Waals surface area contributed by atoms with Gasteiger partial charge in [-0.05, 0) is 49.8 Å². The van der Waals surface area contributed by atoms with E-state index >= 15 is 0 Å². The molecule has 2 aromatic rings. The first-order chi connectivity index (χ1) is 13.1. The Kier molecular flexibility index (Phi) is 8.25. The fraction of sp³-hybridized carbons (Fsp3) is 0.250. The lowest BCUT2D eigenvalue weighted by atomic mass is 10.2. The molecule has 142 valence electrons. The normalized spacial score (nSPS) is 9.96. The van der Waals surface area contributed by atoms with Gasteiger partial charge in [-0.3, -0.25) is 4.79 Å². The number of nitrogens with one attached hydrogen (secondary N) is 2. The topological polar surface area (TPSA) is 76.7 Å². The molecule has 27 heavy (non-hydrogen) atoms. The van der Waals surface area contributed by atoms with Gasteiger partial charge in [0.05, 0.1) is 24.5 Å². The number of hydrogen-bond donors (Lipinski definition) is 2. The minimum absolute atomic E-state index is 0.126. The summed E-state index contributed by atoms with van der Waals surface area (Å²) in [5, 5.41) is 5.59. The van der Waals surface area contributed by atoms with Crippen LogP contribution in [-0.4, -0.2) is 30.2 Å². The zero-order valence-electron chi connectivity index (χ0n) is 15.1. The van der Waals surface area contributed by atoms with Gasteiger partial charge in [0.1, 0.15) is 5.75 Å². The van der Waals surface area contributed by atoms with Gasteiger partial charge in [0, 0.05) is 6.42 Å². The van der Waals surface area contributed by atoms with Crippen molar-refractivity contribution in [3.8, 4) is 5.75 Å². The number of rotatable bonds is 8. The molecule has 0 spiro atoms. The zero-order chi connectivity index (χ0) is 19.5. The van der Waals surface area contributed by atoms with Gasteiger partial charge in [0.15, 0.2) is 5.11 Å². The molecule has 0 fully saturated rings. The molecule has 0 aliphatic heterocycles. The Morgan fingerprint density at radius 1 is 1.04 bits per heavy atom. The summed E-state index contributed by atoms with van der Waals surface area (Å²) in [7, 11) is 0. The Hall–Kier alpha value is -2.93. The molecule has 6 nitrogen and oxygen atoms in total.